The summed E-state index contributed by atoms with van der Waals surface area (Å²) in [6.07, 6.45) is 3.89. The number of nitrogens with zero attached hydrogens (tertiary/aromatic N) is 3. The molecule has 5 N–H and O–H groups in total. The van der Waals surface area contributed by atoms with Crippen LogP contribution in [0.5, 0.6) is 0 Å². The molecule has 8 nitrogen and oxygen atoms in total. The third kappa shape index (κ3) is 5.70. The molecule has 31 heavy (non-hydrogen) atoms. The second kappa shape index (κ2) is 9.18. The highest BCUT2D eigenvalue weighted by Gasteiger charge is 2.28. The standard InChI is InChI=1S/C23H34N6O2/c1-13(2)25-21(30)20-26-16-11-10-14(3)12-15(16)19(29-20)27-17-8-6-7-9-18(17)28-22(24)23(4,5)31/h10-13,17-18,31H,6-9H2,1-5H3,(H2,24,28)(H,25,30)(H,26,27,29)/t17-,18+/m0/s1. The van der Waals surface area contributed by atoms with Gasteiger partial charge in [0.25, 0.3) is 5.91 Å². The van der Waals surface area contributed by atoms with E-state index in [1.165, 1.54) is 0 Å². The van der Waals surface area contributed by atoms with Gasteiger partial charge < -0.3 is 21.5 Å². The normalized spacial score (nSPS) is 20.2. The van der Waals surface area contributed by atoms with Crippen LogP contribution in [0.3, 0.4) is 0 Å². The zero-order valence-electron chi connectivity index (χ0n) is 19.1. The minimum Gasteiger partial charge on any atom is -0.385 e. The Balaban J connectivity index is 1.99. The molecule has 1 aliphatic rings. The first kappa shape index (κ1) is 22.9. The molecule has 1 aromatic heterocycles. The lowest BCUT2D eigenvalue weighted by Crippen LogP contribution is -2.43. The maximum absolute atomic E-state index is 12.6. The second-order valence-electron chi connectivity index (χ2n) is 9.22. The maximum Gasteiger partial charge on any atom is 0.289 e. The summed E-state index contributed by atoms with van der Waals surface area (Å²) >= 11 is 0. The Bertz CT molecular complexity index is 980. The van der Waals surface area contributed by atoms with Crippen LogP contribution < -0.4 is 16.4 Å². The monoisotopic (exact) mass is 426 g/mol. The van der Waals surface area contributed by atoms with Gasteiger partial charge >= 0.3 is 0 Å². The minimum atomic E-state index is -1.16. The lowest BCUT2D eigenvalue weighted by atomic mass is 9.90. The highest BCUT2D eigenvalue weighted by atomic mass is 16.3. The smallest absolute Gasteiger partial charge is 0.289 e. The van der Waals surface area contributed by atoms with Crippen molar-refractivity contribution in [3.8, 4) is 0 Å². The van der Waals surface area contributed by atoms with Crippen molar-refractivity contribution in [2.75, 3.05) is 5.32 Å². The van der Waals surface area contributed by atoms with Gasteiger partial charge in [-0.3, -0.25) is 9.79 Å². The topological polar surface area (TPSA) is 126 Å². The van der Waals surface area contributed by atoms with Crippen LogP contribution in [0.2, 0.25) is 0 Å². The van der Waals surface area contributed by atoms with Crippen LogP contribution in [0.25, 0.3) is 10.9 Å². The quantitative estimate of drug-likeness (QED) is 0.416. The summed E-state index contributed by atoms with van der Waals surface area (Å²) in [6, 6.07) is 5.81. The average molecular weight is 427 g/mol. The number of carbonyl (C=O) groups is 1. The molecule has 1 heterocycles. The first-order valence-electron chi connectivity index (χ1n) is 11.0. The van der Waals surface area contributed by atoms with Gasteiger partial charge in [0, 0.05) is 17.5 Å². The highest BCUT2D eigenvalue weighted by molar-refractivity contribution is 5.96. The fourth-order valence-corrected chi connectivity index (χ4v) is 3.73. The number of amidine groups is 1. The van der Waals surface area contributed by atoms with Crippen molar-refractivity contribution in [3.05, 3.63) is 29.6 Å². The molecule has 0 spiro atoms. The van der Waals surface area contributed by atoms with E-state index in [9.17, 15) is 9.90 Å². The van der Waals surface area contributed by atoms with Crippen LogP contribution in [-0.4, -0.2) is 50.5 Å². The Morgan fingerprint density at radius 2 is 1.97 bits per heavy atom. The van der Waals surface area contributed by atoms with Crippen LogP contribution in [0.1, 0.15) is 69.6 Å². The zero-order valence-corrected chi connectivity index (χ0v) is 19.1. The second-order valence-corrected chi connectivity index (χ2v) is 9.22. The van der Waals surface area contributed by atoms with Gasteiger partial charge in [0.15, 0.2) is 0 Å². The number of rotatable bonds is 6. The lowest BCUT2D eigenvalue weighted by Gasteiger charge is -2.31. The predicted octanol–water partition coefficient (Wildman–Crippen LogP) is 2.93. The molecule has 2 aromatic rings. The molecule has 168 valence electrons. The number of anilines is 1. The Hall–Kier alpha value is -2.74. The van der Waals surface area contributed by atoms with Gasteiger partial charge in [0.05, 0.1) is 11.6 Å². The average Bonchev–Trinajstić information content (AvgIpc) is 2.68. The Labute approximate surface area is 183 Å². The lowest BCUT2D eigenvalue weighted by molar-refractivity contribution is 0.0933. The summed E-state index contributed by atoms with van der Waals surface area (Å²) in [5.74, 6) is 0.688. The number of aliphatic imine (C=N–C) groups is 1. The van der Waals surface area contributed by atoms with E-state index in [1.54, 1.807) is 13.8 Å². The zero-order chi connectivity index (χ0) is 22.8. The van der Waals surface area contributed by atoms with Gasteiger partial charge in [0.2, 0.25) is 5.82 Å². The van der Waals surface area contributed by atoms with Crippen molar-refractivity contribution in [2.45, 2.75) is 84.0 Å². The van der Waals surface area contributed by atoms with E-state index in [4.69, 9.17) is 5.73 Å². The number of benzene rings is 1. The van der Waals surface area contributed by atoms with E-state index >= 15 is 0 Å². The summed E-state index contributed by atoms with van der Waals surface area (Å²) in [4.78, 5) is 26.3. The van der Waals surface area contributed by atoms with Gasteiger partial charge in [-0.25, -0.2) is 9.97 Å². The number of aromatic nitrogens is 2. The molecule has 0 bridgehead atoms. The number of carbonyl (C=O) groups excluding carboxylic acids is 1. The third-order valence-electron chi connectivity index (χ3n) is 5.46. The van der Waals surface area contributed by atoms with Crippen molar-refractivity contribution in [1.82, 2.24) is 15.3 Å². The van der Waals surface area contributed by atoms with E-state index in [1.807, 2.05) is 39.0 Å². The highest BCUT2D eigenvalue weighted by Crippen LogP contribution is 2.28. The van der Waals surface area contributed by atoms with Gasteiger partial charge in [-0.2, -0.15) is 0 Å². The molecule has 0 saturated heterocycles. The van der Waals surface area contributed by atoms with Crippen LogP contribution >= 0.6 is 0 Å². The molecule has 1 amide bonds. The van der Waals surface area contributed by atoms with Crippen LogP contribution in [0.15, 0.2) is 23.2 Å². The molecular weight excluding hydrogens is 392 g/mol. The summed E-state index contributed by atoms with van der Waals surface area (Å²) in [5, 5.41) is 17.4. The van der Waals surface area contributed by atoms with E-state index < -0.39 is 5.60 Å². The van der Waals surface area contributed by atoms with Crippen LogP contribution in [-0.2, 0) is 0 Å². The van der Waals surface area contributed by atoms with Crippen molar-refractivity contribution < 1.29 is 9.90 Å². The largest absolute Gasteiger partial charge is 0.385 e. The molecule has 1 saturated carbocycles. The number of aryl methyl sites for hydroxylation is 1. The van der Waals surface area contributed by atoms with Crippen LogP contribution in [0.4, 0.5) is 5.82 Å². The number of nitrogens with one attached hydrogen (secondary N) is 2. The molecule has 3 rings (SSSR count). The van der Waals surface area contributed by atoms with E-state index in [-0.39, 0.29) is 35.7 Å². The molecule has 0 unspecified atom stereocenters. The number of amides is 1. The SMILES string of the molecule is Cc1ccc2nc(C(=O)NC(C)C)nc(N[C@H]3CCCC[C@H]3N=C(N)C(C)(C)O)c2c1. The molecule has 2 atom stereocenters. The fourth-order valence-electron chi connectivity index (χ4n) is 3.73. The van der Waals surface area contributed by atoms with Gasteiger partial charge in [-0.15, -0.1) is 0 Å². The van der Waals surface area contributed by atoms with E-state index in [2.05, 4.69) is 25.6 Å². The number of fused-ring (bicyclic) bond motifs is 1. The molecule has 1 fully saturated rings. The Morgan fingerprint density at radius 1 is 1.26 bits per heavy atom. The maximum atomic E-state index is 12.6. The first-order valence-corrected chi connectivity index (χ1v) is 11.0. The summed E-state index contributed by atoms with van der Waals surface area (Å²) < 4.78 is 0. The van der Waals surface area contributed by atoms with E-state index in [0.29, 0.717) is 11.3 Å². The molecular formula is C23H34N6O2. The van der Waals surface area contributed by atoms with Crippen molar-refractivity contribution in [1.29, 1.82) is 0 Å². The molecule has 1 aromatic carbocycles. The van der Waals surface area contributed by atoms with Gasteiger partial charge in [-0.1, -0.05) is 24.5 Å². The number of nitrogens with two attached hydrogens (primary N) is 1. The Kier molecular flexibility index (Phi) is 6.79. The van der Waals surface area contributed by atoms with Gasteiger partial charge in [0.1, 0.15) is 17.3 Å². The van der Waals surface area contributed by atoms with Gasteiger partial charge in [-0.05, 0) is 59.6 Å². The summed E-state index contributed by atoms with van der Waals surface area (Å²) in [6.45, 7) is 9.09. The predicted molar refractivity (Wildman–Crippen MR) is 124 cm³/mol. The molecule has 8 heteroatoms. The third-order valence-corrected chi connectivity index (χ3v) is 5.46. The van der Waals surface area contributed by atoms with Crippen molar-refractivity contribution >= 4 is 28.5 Å². The first-order chi connectivity index (χ1) is 14.5. The Morgan fingerprint density at radius 3 is 2.65 bits per heavy atom. The van der Waals surface area contributed by atoms with Crippen LogP contribution in [0, 0.1) is 6.92 Å². The molecule has 1 aliphatic carbocycles. The number of hydrogen-bond acceptors (Lipinski definition) is 6. The fraction of sp³-hybridized carbons (Fsp3) is 0.565. The number of aliphatic hydroxyl groups is 1. The molecule has 0 radical (unpaired) electrons. The summed E-state index contributed by atoms with van der Waals surface area (Å²) in [5.41, 5.74) is 6.69. The number of hydrogen-bond donors (Lipinski definition) is 4. The summed E-state index contributed by atoms with van der Waals surface area (Å²) in [7, 11) is 0. The van der Waals surface area contributed by atoms with Crippen molar-refractivity contribution in [3.63, 3.8) is 0 Å². The minimum absolute atomic E-state index is 0.00530. The molecule has 0 aliphatic heterocycles. The van der Waals surface area contributed by atoms with E-state index in [0.717, 1.165) is 36.6 Å². The van der Waals surface area contributed by atoms with Crippen molar-refractivity contribution in [2.24, 2.45) is 10.7 Å².